The predicted octanol–water partition coefficient (Wildman–Crippen LogP) is 3.26. The van der Waals surface area contributed by atoms with E-state index in [4.69, 9.17) is 4.74 Å². The highest BCUT2D eigenvalue weighted by Crippen LogP contribution is 2.19. The molecule has 0 bridgehead atoms. The van der Waals surface area contributed by atoms with Crippen LogP contribution in [-0.2, 0) is 4.79 Å². The van der Waals surface area contributed by atoms with E-state index in [1.807, 2.05) is 0 Å². The van der Waals surface area contributed by atoms with Crippen molar-refractivity contribution in [1.82, 2.24) is 14.7 Å². The predicted molar refractivity (Wildman–Crippen MR) is 109 cm³/mol. The number of ether oxygens (including phenoxy) is 1. The first-order valence-electron chi connectivity index (χ1n) is 9.72. The van der Waals surface area contributed by atoms with E-state index in [0.717, 1.165) is 25.9 Å². The lowest BCUT2D eigenvalue weighted by molar-refractivity contribution is -0.132. The molecule has 0 spiro atoms. The first-order valence-corrected chi connectivity index (χ1v) is 9.72. The molecule has 1 aliphatic heterocycles. The number of carbonyl (C=O) groups is 2. The third-order valence-electron chi connectivity index (χ3n) is 4.83. The number of nitrogens with zero attached hydrogens (tertiary/aromatic N) is 3. The van der Waals surface area contributed by atoms with E-state index in [0.29, 0.717) is 17.1 Å². The molecule has 4 rings (SSSR count). The van der Waals surface area contributed by atoms with E-state index in [1.54, 1.807) is 53.6 Å². The Labute approximate surface area is 173 Å². The second-order valence-electron chi connectivity index (χ2n) is 6.98. The van der Waals surface area contributed by atoms with Gasteiger partial charge >= 0.3 is 0 Å². The lowest BCUT2D eigenvalue weighted by Crippen LogP contribution is -2.32. The van der Waals surface area contributed by atoms with Crippen molar-refractivity contribution >= 4 is 17.5 Å². The summed E-state index contributed by atoms with van der Waals surface area (Å²) in [6.07, 6.45) is 3.69. The van der Waals surface area contributed by atoms with E-state index < -0.39 is 0 Å². The normalized spacial score (nSPS) is 13.3. The van der Waals surface area contributed by atoms with E-state index >= 15 is 0 Å². The van der Waals surface area contributed by atoms with Gasteiger partial charge in [0.1, 0.15) is 11.6 Å². The molecule has 1 saturated heterocycles. The van der Waals surface area contributed by atoms with Gasteiger partial charge in [0, 0.05) is 31.0 Å². The van der Waals surface area contributed by atoms with Gasteiger partial charge in [-0.05, 0) is 55.3 Å². The molecule has 8 heteroatoms. The highest BCUT2D eigenvalue weighted by Gasteiger charge is 2.18. The molecule has 7 nitrogen and oxygen atoms in total. The van der Waals surface area contributed by atoms with Gasteiger partial charge in [-0.25, -0.2) is 9.07 Å². The van der Waals surface area contributed by atoms with Crippen LogP contribution in [0.3, 0.4) is 0 Å². The Bertz CT molecular complexity index is 1040. The highest BCUT2D eigenvalue weighted by molar-refractivity contribution is 6.02. The number of nitrogens with one attached hydrogen (secondary N) is 1. The fourth-order valence-corrected chi connectivity index (χ4v) is 3.24. The van der Waals surface area contributed by atoms with Crippen molar-refractivity contribution in [2.45, 2.75) is 12.8 Å². The summed E-state index contributed by atoms with van der Waals surface area (Å²) in [4.78, 5) is 26.4. The average molecular weight is 408 g/mol. The topological polar surface area (TPSA) is 76.5 Å². The Kier molecular flexibility index (Phi) is 5.74. The lowest BCUT2D eigenvalue weighted by atomic mass is 10.3. The van der Waals surface area contributed by atoms with Crippen LogP contribution in [0.1, 0.15) is 23.3 Å². The number of hydrogen-bond acceptors (Lipinski definition) is 4. The molecule has 0 unspecified atom stereocenters. The first-order chi connectivity index (χ1) is 14.6. The van der Waals surface area contributed by atoms with Crippen LogP contribution in [0.2, 0.25) is 0 Å². The molecule has 1 N–H and O–H groups in total. The second-order valence-corrected chi connectivity index (χ2v) is 6.98. The monoisotopic (exact) mass is 408 g/mol. The van der Waals surface area contributed by atoms with Crippen LogP contribution in [0, 0.1) is 5.82 Å². The quantitative estimate of drug-likeness (QED) is 0.679. The molecule has 2 amide bonds. The minimum Gasteiger partial charge on any atom is -0.484 e. The summed E-state index contributed by atoms with van der Waals surface area (Å²) in [5.41, 5.74) is 1.39. The van der Waals surface area contributed by atoms with E-state index in [1.165, 1.54) is 16.8 Å². The molecule has 30 heavy (non-hydrogen) atoms. The van der Waals surface area contributed by atoms with Crippen LogP contribution < -0.4 is 10.1 Å². The maximum atomic E-state index is 13.1. The molecule has 1 aliphatic rings. The molecule has 154 valence electrons. The summed E-state index contributed by atoms with van der Waals surface area (Å²) >= 11 is 0. The average Bonchev–Trinajstić information content (AvgIpc) is 3.45. The lowest BCUT2D eigenvalue weighted by Gasteiger charge is -2.15. The van der Waals surface area contributed by atoms with Gasteiger partial charge in [-0.2, -0.15) is 5.10 Å². The van der Waals surface area contributed by atoms with Crippen LogP contribution in [0.5, 0.6) is 5.75 Å². The summed E-state index contributed by atoms with van der Waals surface area (Å²) in [5, 5.41) is 7.00. The fraction of sp³-hybridized carbons (Fsp3) is 0.227. The summed E-state index contributed by atoms with van der Waals surface area (Å²) in [6, 6.07) is 14.2. The summed E-state index contributed by atoms with van der Waals surface area (Å²) in [6.45, 7) is 1.53. The molecule has 0 radical (unpaired) electrons. The minimum absolute atomic E-state index is 0.0283. The Morgan fingerprint density at radius 3 is 2.60 bits per heavy atom. The van der Waals surface area contributed by atoms with E-state index in [9.17, 15) is 14.0 Å². The molecule has 0 atom stereocenters. The first kappa shape index (κ1) is 19.6. The van der Waals surface area contributed by atoms with Crippen molar-refractivity contribution in [3.05, 3.63) is 72.3 Å². The van der Waals surface area contributed by atoms with Crippen molar-refractivity contribution in [3.8, 4) is 11.4 Å². The molecule has 2 heterocycles. The zero-order valence-electron chi connectivity index (χ0n) is 16.3. The second kappa shape index (κ2) is 8.77. The Morgan fingerprint density at radius 1 is 1.07 bits per heavy atom. The van der Waals surface area contributed by atoms with Crippen LogP contribution in [0.15, 0.2) is 60.8 Å². The van der Waals surface area contributed by atoms with Crippen LogP contribution in [0.4, 0.5) is 10.1 Å². The number of aromatic nitrogens is 2. The van der Waals surface area contributed by atoms with Gasteiger partial charge < -0.3 is 15.0 Å². The van der Waals surface area contributed by atoms with Crippen LogP contribution >= 0.6 is 0 Å². The molecular weight excluding hydrogens is 387 g/mol. The molecule has 1 fully saturated rings. The van der Waals surface area contributed by atoms with Crippen molar-refractivity contribution in [2.75, 3.05) is 25.0 Å². The minimum atomic E-state index is -0.388. The van der Waals surface area contributed by atoms with Crippen molar-refractivity contribution < 1.29 is 18.7 Å². The van der Waals surface area contributed by atoms with Crippen LogP contribution in [0.25, 0.3) is 5.69 Å². The highest BCUT2D eigenvalue weighted by atomic mass is 19.1. The van der Waals surface area contributed by atoms with Crippen molar-refractivity contribution in [3.63, 3.8) is 0 Å². The number of carbonyl (C=O) groups excluding carboxylic acids is 2. The SMILES string of the molecule is O=C(Nc1cccc(OCC(=O)N2CCCC2)c1)c1ccn(-c2ccc(F)cc2)n1. The van der Waals surface area contributed by atoms with E-state index in [-0.39, 0.29) is 29.9 Å². The Morgan fingerprint density at radius 2 is 1.83 bits per heavy atom. The number of amides is 2. The third-order valence-corrected chi connectivity index (χ3v) is 4.83. The third kappa shape index (κ3) is 4.65. The van der Waals surface area contributed by atoms with Crippen LogP contribution in [-0.4, -0.2) is 46.2 Å². The maximum Gasteiger partial charge on any atom is 0.276 e. The molecule has 2 aromatic carbocycles. The number of halogens is 1. The number of hydrogen-bond donors (Lipinski definition) is 1. The summed E-state index contributed by atoms with van der Waals surface area (Å²) in [7, 11) is 0. The zero-order valence-corrected chi connectivity index (χ0v) is 16.3. The van der Waals surface area contributed by atoms with E-state index in [2.05, 4.69) is 10.4 Å². The van der Waals surface area contributed by atoms with Crippen molar-refractivity contribution in [1.29, 1.82) is 0 Å². The summed E-state index contributed by atoms with van der Waals surface area (Å²) in [5.74, 6) is -0.264. The molecular formula is C22H21FN4O3. The van der Waals surface area contributed by atoms with Gasteiger partial charge in [0.05, 0.1) is 5.69 Å². The van der Waals surface area contributed by atoms with Crippen molar-refractivity contribution in [2.24, 2.45) is 0 Å². The number of rotatable bonds is 6. The molecule has 0 aliphatic carbocycles. The standard InChI is InChI=1S/C22H21FN4O3/c23-16-6-8-18(9-7-16)27-13-10-20(25-27)22(29)24-17-4-3-5-19(14-17)30-15-21(28)26-11-1-2-12-26/h3-10,13-14H,1-2,11-12,15H2,(H,24,29). The zero-order chi connectivity index (χ0) is 20.9. The van der Waals surface area contributed by atoms with Gasteiger partial charge in [0.15, 0.2) is 12.3 Å². The van der Waals surface area contributed by atoms with Gasteiger partial charge in [-0.15, -0.1) is 0 Å². The smallest absolute Gasteiger partial charge is 0.276 e. The Balaban J connectivity index is 1.37. The number of benzene rings is 2. The maximum absolute atomic E-state index is 13.1. The van der Waals surface area contributed by atoms with Gasteiger partial charge in [0.25, 0.3) is 11.8 Å². The number of anilines is 1. The molecule has 1 aromatic heterocycles. The van der Waals surface area contributed by atoms with Gasteiger partial charge in [-0.1, -0.05) is 6.07 Å². The summed E-state index contributed by atoms with van der Waals surface area (Å²) < 4.78 is 20.1. The van der Waals surface area contributed by atoms with Gasteiger partial charge in [0.2, 0.25) is 0 Å². The molecule has 3 aromatic rings. The number of likely N-dealkylation sites (tertiary alicyclic amines) is 1. The Hall–Kier alpha value is -3.68. The van der Waals surface area contributed by atoms with Gasteiger partial charge in [-0.3, -0.25) is 9.59 Å². The fourth-order valence-electron chi connectivity index (χ4n) is 3.24. The molecule has 0 saturated carbocycles. The largest absolute Gasteiger partial charge is 0.484 e.